The van der Waals surface area contributed by atoms with Crippen molar-refractivity contribution in [2.24, 2.45) is 0 Å². The predicted molar refractivity (Wildman–Crippen MR) is 76.3 cm³/mol. The quantitative estimate of drug-likeness (QED) is 0.641. The van der Waals surface area contributed by atoms with E-state index in [0.29, 0.717) is 14.8 Å². The first-order valence-electron chi connectivity index (χ1n) is 4.95. The minimum absolute atomic E-state index is 0.233. The fourth-order valence-corrected chi connectivity index (χ4v) is 2.01. The first kappa shape index (κ1) is 13.2. The standard InChI is InChI=1S/C12H7ClFIN2O/c13-10-6-7(4-5-16-10)12(18)17-9-3-1-2-8(14)11(9)15/h1-6H,(H,17,18). The number of hydrogen-bond acceptors (Lipinski definition) is 2. The van der Waals surface area contributed by atoms with Crippen LogP contribution in [0.3, 0.4) is 0 Å². The van der Waals surface area contributed by atoms with Gasteiger partial charge in [0.2, 0.25) is 0 Å². The maximum atomic E-state index is 13.3. The molecular formula is C12H7ClFIN2O. The highest BCUT2D eigenvalue weighted by atomic mass is 127. The van der Waals surface area contributed by atoms with Gasteiger partial charge in [-0.3, -0.25) is 4.79 Å². The maximum absolute atomic E-state index is 13.3. The van der Waals surface area contributed by atoms with Crippen LogP contribution in [0.4, 0.5) is 10.1 Å². The third-order valence-corrected chi connectivity index (χ3v) is 3.49. The number of pyridine rings is 1. The lowest BCUT2D eigenvalue weighted by atomic mass is 10.2. The highest BCUT2D eigenvalue weighted by molar-refractivity contribution is 14.1. The normalized spacial score (nSPS) is 10.2. The summed E-state index contributed by atoms with van der Waals surface area (Å²) in [5, 5.41) is 2.85. The molecule has 0 aliphatic rings. The van der Waals surface area contributed by atoms with E-state index in [1.807, 2.05) is 22.6 Å². The molecule has 0 atom stereocenters. The summed E-state index contributed by atoms with van der Waals surface area (Å²) in [4.78, 5) is 15.7. The number of anilines is 1. The van der Waals surface area contributed by atoms with Gasteiger partial charge in [0.05, 0.1) is 9.26 Å². The van der Waals surface area contributed by atoms with E-state index in [-0.39, 0.29) is 16.9 Å². The van der Waals surface area contributed by atoms with E-state index in [9.17, 15) is 9.18 Å². The van der Waals surface area contributed by atoms with Gasteiger partial charge in [0.25, 0.3) is 5.91 Å². The summed E-state index contributed by atoms with van der Waals surface area (Å²) in [6.07, 6.45) is 1.44. The van der Waals surface area contributed by atoms with Crippen molar-refractivity contribution in [2.75, 3.05) is 5.32 Å². The molecule has 2 rings (SSSR count). The monoisotopic (exact) mass is 376 g/mol. The van der Waals surface area contributed by atoms with Gasteiger partial charge in [-0.25, -0.2) is 9.37 Å². The molecule has 2 aromatic rings. The van der Waals surface area contributed by atoms with Gasteiger partial charge in [-0.2, -0.15) is 0 Å². The average molecular weight is 377 g/mol. The van der Waals surface area contributed by atoms with Crippen molar-refractivity contribution in [2.45, 2.75) is 0 Å². The third-order valence-electron chi connectivity index (χ3n) is 2.19. The molecule has 1 aromatic carbocycles. The Balaban J connectivity index is 2.24. The van der Waals surface area contributed by atoms with E-state index in [4.69, 9.17) is 11.6 Å². The molecule has 0 radical (unpaired) electrons. The van der Waals surface area contributed by atoms with Crippen molar-refractivity contribution in [3.63, 3.8) is 0 Å². The zero-order valence-corrected chi connectivity index (χ0v) is 11.9. The van der Waals surface area contributed by atoms with Crippen LogP contribution in [0.5, 0.6) is 0 Å². The minimum Gasteiger partial charge on any atom is -0.321 e. The Labute approximate surface area is 122 Å². The number of nitrogens with zero attached hydrogens (tertiary/aromatic N) is 1. The average Bonchev–Trinajstić information content (AvgIpc) is 2.35. The lowest BCUT2D eigenvalue weighted by Gasteiger charge is -2.07. The van der Waals surface area contributed by atoms with Crippen LogP contribution in [-0.4, -0.2) is 10.9 Å². The maximum Gasteiger partial charge on any atom is 0.255 e. The zero-order valence-electron chi connectivity index (χ0n) is 8.95. The van der Waals surface area contributed by atoms with Crippen molar-refractivity contribution in [3.05, 3.63) is 56.6 Å². The number of halogens is 3. The first-order valence-corrected chi connectivity index (χ1v) is 6.40. The molecule has 1 heterocycles. The van der Waals surface area contributed by atoms with E-state index in [0.717, 1.165) is 0 Å². The number of hydrogen-bond donors (Lipinski definition) is 1. The molecule has 0 unspecified atom stereocenters. The molecular weight excluding hydrogens is 370 g/mol. The third kappa shape index (κ3) is 2.97. The number of aromatic nitrogens is 1. The summed E-state index contributed by atoms with van der Waals surface area (Å²) in [5.74, 6) is -0.732. The Bertz CT molecular complexity index is 606. The molecule has 0 spiro atoms. The summed E-state index contributed by atoms with van der Waals surface area (Å²) in [6, 6.07) is 7.48. The molecule has 92 valence electrons. The minimum atomic E-state index is -0.374. The number of carbonyl (C=O) groups is 1. The van der Waals surface area contributed by atoms with E-state index < -0.39 is 0 Å². The van der Waals surface area contributed by atoms with Gasteiger partial charge in [-0.05, 0) is 46.9 Å². The summed E-state index contributed by atoms with van der Waals surface area (Å²) >= 11 is 7.53. The molecule has 18 heavy (non-hydrogen) atoms. The van der Waals surface area contributed by atoms with Gasteiger partial charge in [-0.15, -0.1) is 0 Å². The van der Waals surface area contributed by atoms with Crippen LogP contribution < -0.4 is 5.32 Å². The van der Waals surface area contributed by atoms with Gasteiger partial charge in [-0.1, -0.05) is 17.7 Å². The second-order valence-electron chi connectivity index (χ2n) is 3.42. The smallest absolute Gasteiger partial charge is 0.255 e. The largest absolute Gasteiger partial charge is 0.321 e. The number of amides is 1. The predicted octanol–water partition coefficient (Wildman–Crippen LogP) is 3.73. The van der Waals surface area contributed by atoms with Crippen LogP contribution in [0, 0.1) is 9.39 Å². The molecule has 1 N–H and O–H groups in total. The fourth-order valence-electron chi connectivity index (χ4n) is 1.34. The van der Waals surface area contributed by atoms with E-state index in [1.165, 1.54) is 30.5 Å². The summed E-state index contributed by atoms with van der Waals surface area (Å²) in [5.41, 5.74) is 0.795. The second kappa shape index (κ2) is 5.62. The number of nitrogens with one attached hydrogen (secondary N) is 1. The van der Waals surface area contributed by atoms with Gasteiger partial charge in [0, 0.05) is 11.8 Å². The summed E-state index contributed by atoms with van der Waals surface area (Å²) in [6.45, 7) is 0. The summed E-state index contributed by atoms with van der Waals surface area (Å²) in [7, 11) is 0. The molecule has 0 aliphatic heterocycles. The van der Waals surface area contributed by atoms with E-state index in [1.54, 1.807) is 6.07 Å². The van der Waals surface area contributed by atoms with Gasteiger partial charge in [0.15, 0.2) is 0 Å². The van der Waals surface area contributed by atoms with Crippen molar-refractivity contribution < 1.29 is 9.18 Å². The number of benzene rings is 1. The highest BCUT2D eigenvalue weighted by Gasteiger charge is 2.10. The SMILES string of the molecule is O=C(Nc1cccc(F)c1I)c1ccnc(Cl)c1. The molecule has 0 bridgehead atoms. The molecule has 0 aliphatic carbocycles. The topological polar surface area (TPSA) is 42.0 Å². The lowest BCUT2D eigenvalue weighted by Crippen LogP contribution is -2.13. The molecule has 1 aromatic heterocycles. The number of carbonyl (C=O) groups excluding carboxylic acids is 1. The molecule has 1 amide bonds. The highest BCUT2D eigenvalue weighted by Crippen LogP contribution is 2.21. The van der Waals surface area contributed by atoms with Crippen molar-refractivity contribution in [1.82, 2.24) is 4.98 Å². The molecule has 6 heteroatoms. The van der Waals surface area contributed by atoms with Crippen molar-refractivity contribution in [3.8, 4) is 0 Å². The van der Waals surface area contributed by atoms with Crippen LogP contribution in [0.25, 0.3) is 0 Å². The number of rotatable bonds is 2. The van der Waals surface area contributed by atoms with Crippen LogP contribution in [0.2, 0.25) is 5.15 Å². The zero-order chi connectivity index (χ0) is 13.1. The molecule has 0 saturated carbocycles. The van der Waals surface area contributed by atoms with Crippen LogP contribution in [-0.2, 0) is 0 Å². The van der Waals surface area contributed by atoms with E-state index in [2.05, 4.69) is 10.3 Å². The van der Waals surface area contributed by atoms with Gasteiger partial charge >= 0.3 is 0 Å². The van der Waals surface area contributed by atoms with Gasteiger partial charge in [0.1, 0.15) is 11.0 Å². The lowest BCUT2D eigenvalue weighted by molar-refractivity contribution is 0.102. The van der Waals surface area contributed by atoms with Crippen molar-refractivity contribution in [1.29, 1.82) is 0 Å². The molecule has 0 fully saturated rings. The van der Waals surface area contributed by atoms with Crippen LogP contribution >= 0.6 is 34.2 Å². The summed E-state index contributed by atoms with van der Waals surface area (Å²) < 4.78 is 13.7. The Morgan fingerprint density at radius 2 is 2.17 bits per heavy atom. The van der Waals surface area contributed by atoms with Crippen molar-refractivity contribution >= 4 is 45.8 Å². The first-order chi connectivity index (χ1) is 8.58. The second-order valence-corrected chi connectivity index (χ2v) is 4.89. The Hall–Kier alpha value is -1.21. The Morgan fingerprint density at radius 3 is 2.89 bits per heavy atom. The molecule has 0 saturated heterocycles. The molecule has 3 nitrogen and oxygen atoms in total. The van der Waals surface area contributed by atoms with Crippen LogP contribution in [0.1, 0.15) is 10.4 Å². The van der Waals surface area contributed by atoms with Gasteiger partial charge < -0.3 is 5.32 Å². The van der Waals surface area contributed by atoms with Crippen LogP contribution in [0.15, 0.2) is 36.5 Å². The van der Waals surface area contributed by atoms with E-state index >= 15 is 0 Å². The Kier molecular flexibility index (Phi) is 4.13. The fraction of sp³-hybridized carbons (Fsp3) is 0. The Morgan fingerprint density at radius 1 is 1.39 bits per heavy atom.